The molecule has 0 N–H and O–H groups in total. The van der Waals surface area contributed by atoms with Crippen LogP contribution in [-0.4, -0.2) is 8.32 Å². The Bertz CT molecular complexity index is 671. The van der Waals surface area contributed by atoms with Crippen molar-refractivity contribution in [2.75, 3.05) is 0 Å². The zero-order valence-electron chi connectivity index (χ0n) is 14.5. The summed E-state index contributed by atoms with van der Waals surface area (Å²) >= 11 is 0. The van der Waals surface area contributed by atoms with E-state index in [9.17, 15) is 0 Å². The molecule has 1 nitrogen and oxygen atoms in total. The molecular weight excluding hydrogens is 327 g/mol. The zero-order valence-corrected chi connectivity index (χ0v) is 16.4. The zero-order chi connectivity index (χ0) is 17.0. The highest BCUT2D eigenvalue weighted by atomic mass is 31.2. The van der Waals surface area contributed by atoms with Crippen LogP contribution in [-0.2, 0) is 4.21 Å². The van der Waals surface area contributed by atoms with E-state index in [1.165, 1.54) is 15.9 Å². The first-order chi connectivity index (χ1) is 11.5. The maximum Gasteiger partial charge on any atom is 0.244 e. The minimum Gasteiger partial charge on any atom is -0.269 e. The number of benzene rings is 3. The van der Waals surface area contributed by atoms with E-state index in [1.54, 1.807) is 0 Å². The summed E-state index contributed by atoms with van der Waals surface area (Å²) in [5, 5.41) is 3.85. The second-order valence-corrected chi connectivity index (χ2v) is 14.5. The summed E-state index contributed by atoms with van der Waals surface area (Å²) < 4.78 is 7.03. The summed E-state index contributed by atoms with van der Waals surface area (Å²) in [6, 6.07) is 32.2. The number of hydrogen-bond acceptors (Lipinski definition) is 1. The fraction of sp³-hybridized carbons (Fsp3) is 0.143. The van der Waals surface area contributed by atoms with Crippen LogP contribution in [0.4, 0.5) is 0 Å². The summed E-state index contributed by atoms with van der Waals surface area (Å²) in [4.78, 5) is 0. The van der Waals surface area contributed by atoms with Crippen LogP contribution < -0.4 is 15.9 Å². The van der Waals surface area contributed by atoms with E-state index in [1.807, 2.05) is 0 Å². The molecule has 0 saturated carbocycles. The van der Waals surface area contributed by atoms with Crippen molar-refractivity contribution in [1.82, 2.24) is 0 Å². The van der Waals surface area contributed by atoms with Gasteiger partial charge in [-0.1, -0.05) is 54.6 Å². The van der Waals surface area contributed by atoms with Crippen LogP contribution >= 0.6 is 7.49 Å². The minimum absolute atomic E-state index is 1.28. The third-order valence-electron chi connectivity index (χ3n) is 3.77. The molecule has 3 aromatic carbocycles. The van der Waals surface area contributed by atoms with Crippen LogP contribution in [0.1, 0.15) is 0 Å². The molecule has 0 aliphatic rings. The SMILES string of the molecule is C[Si](C)(C)O[P+](c1ccccc1)(c1ccccc1)c1ccccc1. The highest BCUT2D eigenvalue weighted by Gasteiger charge is 2.50. The molecule has 3 aromatic rings. The van der Waals surface area contributed by atoms with Gasteiger partial charge in [-0.2, -0.15) is 0 Å². The van der Waals surface area contributed by atoms with Gasteiger partial charge in [-0.3, -0.25) is 4.21 Å². The summed E-state index contributed by atoms with van der Waals surface area (Å²) in [5.41, 5.74) is 0. The molecule has 0 spiro atoms. The predicted octanol–water partition coefficient (Wildman–Crippen LogP) is 4.75. The lowest BCUT2D eigenvalue weighted by atomic mass is 10.4. The van der Waals surface area contributed by atoms with Gasteiger partial charge in [-0.15, -0.1) is 0 Å². The van der Waals surface area contributed by atoms with Gasteiger partial charge in [-0.05, 0) is 56.0 Å². The molecular formula is C21H24OPSi+. The van der Waals surface area contributed by atoms with Crippen molar-refractivity contribution in [2.45, 2.75) is 19.6 Å². The predicted molar refractivity (Wildman–Crippen MR) is 110 cm³/mol. The van der Waals surface area contributed by atoms with Gasteiger partial charge in [0.2, 0.25) is 15.8 Å². The molecule has 0 unspecified atom stereocenters. The lowest BCUT2D eigenvalue weighted by Crippen LogP contribution is -2.39. The molecule has 0 aromatic heterocycles. The summed E-state index contributed by atoms with van der Waals surface area (Å²) in [6.07, 6.45) is 0. The van der Waals surface area contributed by atoms with E-state index in [0.29, 0.717) is 0 Å². The van der Waals surface area contributed by atoms with E-state index >= 15 is 0 Å². The molecule has 3 rings (SSSR count). The molecule has 0 aliphatic heterocycles. The summed E-state index contributed by atoms with van der Waals surface area (Å²) in [6.45, 7) is 6.82. The summed E-state index contributed by atoms with van der Waals surface area (Å²) in [7, 11) is -3.90. The summed E-state index contributed by atoms with van der Waals surface area (Å²) in [5.74, 6) is 0. The van der Waals surface area contributed by atoms with Crippen molar-refractivity contribution in [1.29, 1.82) is 0 Å². The van der Waals surface area contributed by atoms with Gasteiger partial charge in [0.1, 0.15) is 15.9 Å². The van der Waals surface area contributed by atoms with Crippen molar-refractivity contribution < 1.29 is 4.21 Å². The average Bonchev–Trinajstić information content (AvgIpc) is 2.61. The van der Waals surface area contributed by atoms with Crippen molar-refractivity contribution in [3.05, 3.63) is 91.0 Å². The van der Waals surface area contributed by atoms with Gasteiger partial charge < -0.3 is 0 Å². The maximum atomic E-state index is 7.03. The fourth-order valence-corrected chi connectivity index (χ4v) is 10.2. The quantitative estimate of drug-likeness (QED) is 0.476. The smallest absolute Gasteiger partial charge is 0.244 e. The molecule has 0 amide bonds. The van der Waals surface area contributed by atoms with E-state index in [0.717, 1.165) is 0 Å². The standard InChI is InChI=1S/C21H24OPSi/c1-24(2,3)22-23(19-13-7-4-8-14-19,20-15-9-5-10-16-20)21-17-11-6-12-18-21/h4-18H,1-3H3/q+1. The number of hydrogen-bond donors (Lipinski definition) is 0. The molecule has 0 fully saturated rings. The van der Waals surface area contributed by atoms with Crippen molar-refractivity contribution in [3.63, 3.8) is 0 Å². The molecule has 122 valence electrons. The first-order valence-electron chi connectivity index (χ1n) is 8.29. The highest BCUT2D eigenvalue weighted by Crippen LogP contribution is 2.58. The van der Waals surface area contributed by atoms with Gasteiger partial charge in [0.25, 0.3) is 0 Å². The fourth-order valence-electron chi connectivity index (χ4n) is 2.93. The molecule has 0 bridgehead atoms. The van der Waals surface area contributed by atoms with Crippen LogP contribution in [0.2, 0.25) is 19.6 Å². The van der Waals surface area contributed by atoms with Crippen LogP contribution in [0.5, 0.6) is 0 Å². The average molecular weight is 351 g/mol. The van der Waals surface area contributed by atoms with Crippen LogP contribution in [0.15, 0.2) is 91.0 Å². The first-order valence-corrected chi connectivity index (χ1v) is 13.4. The van der Waals surface area contributed by atoms with Crippen LogP contribution in [0, 0.1) is 0 Å². The molecule has 0 atom stereocenters. The Morgan fingerprint density at radius 2 is 0.833 bits per heavy atom. The Hall–Kier alpha value is -1.73. The van der Waals surface area contributed by atoms with E-state index in [2.05, 4.69) is 111 Å². The Morgan fingerprint density at radius 1 is 0.542 bits per heavy atom. The minimum atomic E-state index is -2.11. The first kappa shape index (κ1) is 17.1. The van der Waals surface area contributed by atoms with E-state index < -0.39 is 15.8 Å². The lowest BCUT2D eigenvalue weighted by molar-refractivity contribution is 0.624. The van der Waals surface area contributed by atoms with Crippen molar-refractivity contribution in [3.8, 4) is 0 Å². The van der Waals surface area contributed by atoms with Gasteiger partial charge in [-0.25, -0.2) is 0 Å². The molecule has 24 heavy (non-hydrogen) atoms. The topological polar surface area (TPSA) is 9.23 Å². The lowest BCUT2D eigenvalue weighted by Gasteiger charge is -2.31. The van der Waals surface area contributed by atoms with Gasteiger partial charge in [0.05, 0.1) is 0 Å². The second-order valence-electron chi connectivity index (χ2n) is 6.82. The van der Waals surface area contributed by atoms with Gasteiger partial charge >= 0.3 is 0 Å². The largest absolute Gasteiger partial charge is 0.269 e. The molecule has 0 heterocycles. The molecule has 0 radical (unpaired) electrons. The number of rotatable bonds is 5. The Balaban J connectivity index is 2.33. The molecule has 0 aliphatic carbocycles. The van der Waals surface area contributed by atoms with Gasteiger partial charge in [0.15, 0.2) is 0 Å². The second kappa shape index (κ2) is 7.02. The maximum absolute atomic E-state index is 7.03. The third kappa shape index (κ3) is 3.51. The third-order valence-corrected chi connectivity index (χ3v) is 10.1. The Kier molecular flexibility index (Phi) is 5.00. The van der Waals surface area contributed by atoms with Crippen molar-refractivity contribution in [2.24, 2.45) is 0 Å². The van der Waals surface area contributed by atoms with Crippen LogP contribution in [0.3, 0.4) is 0 Å². The van der Waals surface area contributed by atoms with Crippen LogP contribution in [0.25, 0.3) is 0 Å². The Morgan fingerprint density at radius 3 is 1.08 bits per heavy atom. The molecule has 3 heteroatoms. The van der Waals surface area contributed by atoms with E-state index in [-0.39, 0.29) is 0 Å². The van der Waals surface area contributed by atoms with Gasteiger partial charge in [0, 0.05) is 0 Å². The highest BCUT2D eigenvalue weighted by molar-refractivity contribution is 7.92. The Labute approximate surface area is 146 Å². The monoisotopic (exact) mass is 351 g/mol. The van der Waals surface area contributed by atoms with Crippen molar-refractivity contribution >= 4 is 31.7 Å². The normalized spacial score (nSPS) is 12.1. The van der Waals surface area contributed by atoms with E-state index in [4.69, 9.17) is 4.21 Å². The molecule has 0 saturated heterocycles.